The Hall–Kier alpha value is -2.14. The van der Waals surface area contributed by atoms with E-state index in [-0.39, 0.29) is 31.8 Å². The van der Waals surface area contributed by atoms with Crippen LogP contribution in [0.2, 0.25) is 5.02 Å². The van der Waals surface area contributed by atoms with E-state index in [0.717, 1.165) is 16.7 Å². The lowest BCUT2D eigenvalue weighted by molar-refractivity contribution is -0.153. The van der Waals surface area contributed by atoms with Crippen molar-refractivity contribution >= 4 is 17.6 Å². The van der Waals surface area contributed by atoms with Gasteiger partial charge in [0.1, 0.15) is 18.0 Å². The van der Waals surface area contributed by atoms with Gasteiger partial charge in [-0.05, 0) is 56.5 Å². The maximum absolute atomic E-state index is 12.4. The molecular weight excluding hydrogens is 386 g/mol. The molecule has 0 aliphatic carbocycles. The number of halogens is 3. The topological polar surface area (TPSA) is 35.5 Å². The second-order valence-corrected chi connectivity index (χ2v) is 7.99. The molecule has 0 saturated carbocycles. The van der Waals surface area contributed by atoms with Crippen LogP contribution in [-0.4, -0.2) is 18.0 Å². The van der Waals surface area contributed by atoms with Gasteiger partial charge in [0.2, 0.25) is 6.43 Å². The third-order valence-electron chi connectivity index (χ3n) is 3.79. The van der Waals surface area contributed by atoms with Crippen LogP contribution in [0.4, 0.5) is 8.78 Å². The minimum atomic E-state index is -2.35. The number of benzene rings is 2. The molecule has 0 bridgehead atoms. The summed E-state index contributed by atoms with van der Waals surface area (Å²) >= 11 is 6.10. The van der Waals surface area contributed by atoms with Crippen molar-refractivity contribution in [2.24, 2.45) is 0 Å². The first-order valence-corrected chi connectivity index (χ1v) is 9.49. The average molecular weight is 411 g/mol. The van der Waals surface area contributed by atoms with Gasteiger partial charge in [-0.1, -0.05) is 35.9 Å². The lowest BCUT2D eigenvalue weighted by atomic mass is 10.1. The minimum Gasteiger partial charge on any atom is -0.489 e. The van der Waals surface area contributed by atoms with E-state index in [2.05, 4.69) is 0 Å². The molecule has 0 saturated heterocycles. The van der Waals surface area contributed by atoms with Crippen molar-refractivity contribution in [2.45, 2.75) is 58.7 Å². The zero-order chi connectivity index (χ0) is 20.7. The fourth-order valence-corrected chi connectivity index (χ4v) is 2.99. The molecule has 0 aliphatic rings. The Labute approximate surface area is 169 Å². The molecular formula is C22H25ClF2O3. The largest absolute Gasteiger partial charge is 0.489 e. The molecule has 0 fully saturated rings. The van der Waals surface area contributed by atoms with Crippen LogP contribution < -0.4 is 4.74 Å². The summed E-state index contributed by atoms with van der Waals surface area (Å²) in [7, 11) is 0. The summed E-state index contributed by atoms with van der Waals surface area (Å²) in [4.78, 5) is 12.1. The Morgan fingerprint density at radius 2 is 1.79 bits per heavy atom. The van der Waals surface area contributed by atoms with Crippen LogP contribution in [0.3, 0.4) is 0 Å². The van der Waals surface area contributed by atoms with Gasteiger partial charge in [0.25, 0.3) is 0 Å². The van der Waals surface area contributed by atoms with Crippen LogP contribution in [0.5, 0.6) is 5.75 Å². The molecule has 0 spiro atoms. The lowest BCUT2D eigenvalue weighted by Crippen LogP contribution is -2.25. The quantitative estimate of drug-likeness (QED) is 0.500. The number of para-hydroxylation sites is 1. The van der Waals surface area contributed by atoms with E-state index in [1.165, 1.54) is 0 Å². The fraction of sp³-hybridized carbons (Fsp3) is 0.409. The Kier molecular flexibility index (Phi) is 7.81. The van der Waals surface area contributed by atoms with Crippen LogP contribution in [0, 0.1) is 0 Å². The molecule has 0 N–H and O–H groups in total. The molecule has 0 atom stereocenters. The molecule has 2 aromatic rings. The Morgan fingerprint density at radius 3 is 2.46 bits per heavy atom. The van der Waals surface area contributed by atoms with Crippen molar-refractivity contribution in [2.75, 3.05) is 0 Å². The van der Waals surface area contributed by atoms with Crippen molar-refractivity contribution in [1.82, 2.24) is 0 Å². The molecule has 2 rings (SSSR count). The highest BCUT2D eigenvalue weighted by Gasteiger charge is 2.18. The standard InChI is InChI=1S/C22H25ClF2O3/c1-22(2,3)28-21(26)13-17-6-4-5-7-19(17)27-14-16-10-15(8-9-20(24)25)11-18(23)12-16/h4-7,10-12,20H,8-9,13-14H2,1-3H3. The summed E-state index contributed by atoms with van der Waals surface area (Å²) in [6.07, 6.45) is -2.21. The first-order chi connectivity index (χ1) is 13.1. The summed E-state index contributed by atoms with van der Waals surface area (Å²) in [6, 6.07) is 12.5. The molecule has 0 aliphatic heterocycles. The number of esters is 1. The first-order valence-electron chi connectivity index (χ1n) is 9.11. The van der Waals surface area contributed by atoms with Gasteiger partial charge in [0.05, 0.1) is 6.42 Å². The minimum absolute atomic E-state index is 0.0998. The number of rotatable bonds is 8. The molecule has 2 aromatic carbocycles. The Balaban J connectivity index is 2.06. The summed E-state index contributed by atoms with van der Waals surface area (Å²) in [5.41, 5.74) is 1.69. The molecule has 28 heavy (non-hydrogen) atoms. The molecule has 0 heterocycles. The number of alkyl halides is 2. The van der Waals surface area contributed by atoms with Crippen LogP contribution in [-0.2, 0) is 29.0 Å². The van der Waals surface area contributed by atoms with Crippen molar-refractivity contribution in [1.29, 1.82) is 0 Å². The molecule has 0 amide bonds. The van der Waals surface area contributed by atoms with Gasteiger partial charge in [-0.25, -0.2) is 8.78 Å². The highest BCUT2D eigenvalue weighted by molar-refractivity contribution is 6.30. The van der Waals surface area contributed by atoms with Crippen molar-refractivity contribution in [3.63, 3.8) is 0 Å². The van der Waals surface area contributed by atoms with E-state index in [1.807, 2.05) is 45.0 Å². The molecule has 3 nitrogen and oxygen atoms in total. The number of ether oxygens (including phenoxy) is 2. The Bertz CT molecular complexity index is 801. The zero-order valence-electron chi connectivity index (χ0n) is 16.3. The molecule has 0 aromatic heterocycles. The average Bonchev–Trinajstić information content (AvgIpc) is 2.57. The first kappa shape index (κ1) is 22.2. The van der Waals surface area contributed by atoms with Gasteiger partial charge in [-0.2, -0.15) is 0 Å². The lowest BCUT2D eigenvalue weighted by Gasteiger charge is -2.20. The Morgan fingerprint density at radius 1 is 1.11 bits per heavy atom. The second-order valence-electron chi connectivity index (χ2n) is 7.56. The zero-order valence-corrected chi connectivity index (χ0v) is 17.1. The predicted octanol–water partition coefficient (Wildman–Crippen LogP) is 6.00. The monoisotopic (exact) mass is 410 g/mol. The number of carbonyl (C=O) groups is 1. The van der Waals surface area contributed by atoms with E-state index in [0.29, 0.717) is 10.8 Å². The molecule has 0 unspecified atom stereocenters. The van der Waals surface area contributed by atoms with Gasteiger partial charge in [0, 0.05) is 17.0 Å². The highest BCUT2D eigenvalue weighted by atomic mass is 35.5. The molecule has 152 valence electrons. The summed E-state index contributed by atoms with van der Waals surface area (Å²) in [5, 5.41) is 0.479. The van der Waals surface area contributed by atoms with Gasteiger partial charge in [-0.15, -0.1) is 0 Å². The maximum atomic E-state index is 12.4. The van der Waals surface area contributed by atoms with Crippen LogP contribution in [0.15, 0.2) is 42.5 Å². The molecule has 0 radical (unpaired) electrons. The number of hydrogen-bond donors (Lipinski definition) is 0. The summed E-state index contributed by atoms with van der Waals surface area (Å²) < 4.78 is 36.1. The van der Waals surface area contributed by atoms with Crippen LogP contribution >= 0.6 is 11.6 Å². The SMILES string of the molecule is CC(C)(C)OC(=O)Cc1ccccc1OCc1cc(Cl)cc(CCC(F)F)c1. The third kappa shape index (κ3) is 7.85. The third-order valence-corrected chi connectivity index (χ3v) is 4.01. The smallest absolute Gasteiger partial charge is 0.310 e. The van der Waals surface area contributed by atoms with Crippen LogP contribution in [0.25, 0.3) is 0 Å². The van der Waals surface area contributed by atoms with E-state index in [4.69, 9.17) is 21.1 Å². The normalized spacial score (nSPS) is 11.5. The van der Waals surface area contributed by atoms with Crippen LogP contribution in [0.1, 0.15) is 43.9 Å². The maximum Gasteiger partial charge on any atom is 0.310 e. The number of carbonyl (C=O) groups excluding carboxylic acids is 1. The van der Waals surface area contributed by atoms with Gasteiger partial charge >= 0.3 is 5.97 Å². The van der Waals surface area contributed by atoms with Crippen molar-refractivity contribution < 1.29 is 23.0 Å². The van der Waals surface area contributed by atoms with E-state index < -0.39 is 12.0 Å². The number of aryl methyl sites for hydroxylation is 1. The molecule has 6 heteroatoms. The number of hydrogen-bond acceptors (Lipinski definition) is 3. The fourth-order valence-electron chi connectivity index (χ4n) is 2.71. The van der Waals surface area contributed by atoms with E-state index in [1.54, 1.807) is 18.2 Å². The summed E-state index contributed by atoms with van der Waals surface area (Å²) in [5.74, 6) is 0.239. The predicted molar refractivity (Wildman–Crippen MR) is 106 cm³/mol. The second kappa shape index (κ2) is 9.87. The summed E-state index contributed by atoms with van der Waals surface area (Å²) in [6.45, 7) is 5.67. The van der Waals surface area contributed by atoms with Gasteiger partial charge in [0.15, 0.2) is 0 Å². The van der Waals surface area contributed by atoms with Crippen molar-refractivity contribution in [3.05, 3.63) is 64.2 Å². The van der Waals surface area contributed by atoms with E-state index in [9.17, 15) is 13.6 Å². The van der Waals surface area contributed by atoms with Gasteiger partial charge in [-0.3, -0.25) is 4.79 Å². The van der Waals surface area contributed by atoms with E-state index >= 15 is 0 Å². The van der Waals surface area contributed by atoms with Crippen molar-refractivity contribution in [3.8, 4) is 5.75 Å². The highest BCUT2D eigenvalue weighted by Crippen LogP contribution is 2.23. The van der Waals surface area contributed by atoms with Gasteiger partial charge < -0.3 is 9.47 Å².